The normalized spacial score (nSPS) is 24.4. The van der Waals surface area contributed by atoms with Crippen LogP contribution in [-0.4, -0.2) is 34.6 Å². The van der Waals surface area contributed by atoms with Gasteiger partial charge in [-0.3, -0.25) is 4.90 Å². The highest BCUT2D eigenvalue weighted by Gasteiger charge is 2.44. The van der Waals surface area contributed by atoms with Crippen molar-refractivity contribution < 1.29 is 8.76 Å². The van der Waals surface area contributed by atoms with E-state index in [0.717, 1.165) is 38.0 Å². The SMILES string of the molecule is N#Cc1ccc(CN2CCC3(CC2)CNc2ccccc2[S+](=O)([O-])N3)cc1. The van der Waals surface area contributed by atoms with E-state index in [0.29, 0.717) is 22.7 Å². The van der Waals surface area contributed by atoms with Gasteiger partial charge in [0.1, 0.15) is 0 Å². The Bertz CT molecular complexity index is 914. The molecule has 140 valence electrons. The molecule has 2 aromatic carbocycles. The number of sulfonamides is 1. The minimum Gasteiger partial charge on any atom is -0.593 e. The summed E-state index contributed by atoms with van der Waals surface area (Å²) in [7, 11) is -3.53. The lowest BCUT2D eigenvalue weighted by Crippen LogP contribution is -2.58. The van der Waals surface area contributed by atoms with E-state index in [9.17, 15) is 8.76 Å². The molecule has 27 heavy (non-hydrogen) atoms. The lowest BCUT2D eigenvalue weighted by Gasteiger charge is -2.41. The first-order valence-electron chi connectivity index (χ1n) is 9.08. The van der Waals surface area contributed by atoms with E-state index in [1.807, 2.05) is 36.4 Å². The summed E-state index contributed by atoms with van der Waals surface area (Å²) >= 11 is 0. The minimum absolute atomic E-state index is 0.321. The highest BCUT2D eigenvalue weighted by atomic mass is 32.3. The predicted octanol–water partition coefficient (Wildman–Crippen LogP) is 2.51. The second kappa shape index (κ2) is 7.06. The maximum absolute atomic E-state index is 12.8. The van der Waals surface area contributed by atoms with E-state index < -0.39 is 15.9 Å². The fourth-order valence-electron chi connectivity index (χ4n) is 3.85. The molecule has 2 aromatic rings. The summed E-state index contributed by atoms with van der Waals surface area (Å²) in [4.78, 5) is 2.65. The molecular weight excluding hydrogens is 360 g/mol. The van der Waals surface area contributed by atoms with E-state index in [1.165, 1.54) is 0 Å². The first kappa shape index (κ1) is 18.1. The van der Waals surface area contributed by atoms with Crippen molar-refractivity contribution in [1.82, 2.24) is 9.62 Å². The van der Waals surface area contributed by atoms with Crippen LogP contribution in [0, 0.1) is 11.3 Å². The van der Waals surface area contributed by atoms with Crippen molar-refractivity contribution in [2.45, 2.75) is 29.8 Å². The summed E-state index contributed by atoms with van der Waals surface area (Å²) in [5, 5.41) is 12.2. The Labute approximate surface area is 160 Å². The van der Waals surface area contributed by atoms with Crippen LogP contribution in [0.5, 0.6) is 0 Å². The van der Waals surface area contributed by atoms with Gasteiger partial charge in [-0.15, -0.1) is 4.72 Å². The summed E-state index contributed by atoms with van der Waals surface area (Å²) in [5.41, 5.74) is 2.03. The fraction of sp³-hybridized carbons (Fsp3) is 0.350. The second-order valence-corrected chi connectivity index (χ2v) is 8.97. The summed E-state index contributed by atoms with van der Waals surface area (Å²) in [6, 6.07) is 16.8. The summed E-state index contributed by atoms with van der Waals surface area (Å²) in [6.07, 6.45) is 1.51. The lowest BCUT2D eigenvalue weighted by atomic mass is 9.88. The Balaban J connectivity index is 1.44. The van der Waals surface area contributed by atoms with E-state index in [2.05, 4.69) is 21.0 Å². The number of fused-ring (bicyclic) bond motifs is 1. The number of para-hydroxylation sites is 1. The number of nitrogens with zero attached hydrogens (tertiary/aromatic N) is 2. The number of nitriles is 1. The standard InChI is InChI=1S/C20H22N4O2S/c21-13-16-5-7-17(8-6-16)14-24-11-9-20(10-12-24)15-22-18-3-1-2-4-19(18)27(25,26)23-20/h1-8,22H,9-12,14-15H2,(H-,23,25,26). The summed E-state index contributed by atoms with van der Waals surface area (Å²) in [5.74, 6) is 0. The highest BCUT2D eigenvalue weighted by molar-refractivity contribution is 7.96. The quantitative estimate of drug-likeness (QED) is 0.779. The third-order valence-electron chi connectivity index (χ3n) is 5.45. The van der Waals surface area contributed by atoms with Crippen LogP contribution >= 0.6 is 0 Å². The summed E-state index contributed by atoms with van der Waals surface area (Å²) in [6.45, 7) is 3.04. The molecule has 7 heteroatoms. The molecule has 1 saturated heterocycles. The number of rotatable bonds is 2. The van der Waals surface area contributed by atoms with Gasteiger partial charge in [0.05, 0.1) is 22.9 Å². The van der Waals surface area contributed by atoms with Crippen molar-refractivity contribution in [3.8, 4) is 6.07 Å². The number of likely N-dealkylation sites (tertiary alicyclic amines) is 1. The van der Waals surface area contributed by atoms with Crippen LogP contribution in [-0.2, 0) is 21.2 Å². The number of piperidine rings is 1. The van der Waals surface area contributed by atoms with Crippen LogP contribution in [0.3, 0.4) is 0 Å². The lowest BCUT2D eigenvalue weighted by molar-refractivity contribution is 0.150. The molecule has 0 aliphatic carbocycles. The molecule has 0 radical (unpaired) electrons. The molecule has 1 unspecified atom stereocenters. The molecule has 1 fully saturated rings. The third kappa shape index (κ3) is 3.75. The van der Waals surface area contributed by atoms with Crippen molar-refractivity contribution >= 4 is 16.1 Å². The number of hydrogen-bond donors (Lipinski definition) is 2. The minimum atomic E-state index is -3.53. The summed E-state index contributed by atoms with van der Waals surface area (Å²) < 4.78 is 28.6. The van der Waals surface area contributed by atoms with Crippen LogP contribution in [0.25, 0.3) is 0 Å². The second-order valence-electron chi connectivity index (χ2n) is 7.32. The third-order valence-corrected chi connectivity index (χ3v) is 7.08. The molecular formula is C20H22N4O2S. The maximum atomic E-state index is 12.8. The molecule has 2 N–H and O–H groups in total. The van der Waals surface area contributed by atoms with Crippen molar-refractivity contribution in [1.29, 1.82) is 5.26 Å². The van der Waals surface area contributed by atoms with Gasteiger partial charge in [-0.1, -0.05) is 28.5 Å². The molecule has 4 rings (SSSR count). The Morgan fingerprint density at radius 1 is 1.15 bits per heavy atom. The van der Waals surface area contributed by atoms with Gasteiger partial charge in [0, 0.05) is 26.2 Å². The molecule has 0 saturated carbocycles. The van der Waals surface area contributed by atoms with Crippen LogP contribution < -0.4 is 10.0 Å². The Morgan fingerprint density at radius 3 is 2.56 bits per heavy atom. The van der Waals surface area contributed by atoms with Gasteiger partial charge in [-0.05, 0) is 42.7 Å². The van der Waals surface area contributed by atoms with Crippen molar-refractivity contribution in [2.24, 2.45) is 0 Å². The first-order chi connectivity index (χ1) is 13.0. The van der Waals surface area contributed by atoms with Gasteiger partial charge >= 0.3 is 0 Å². The van der Waals surface area contributed by atoms with Gasteiger partial charge in [0.25, 0.3) is 0 Å². The fourth-order valence-corrected chi connectivity index (χ4v) is 5.49. The van der Waals surface area contributed by atoms with E-state index in [1.54, 1.807) is 12.1 Å². The van der Waals surface area contributed by atoms with E-state index in [4.69, 9.17) is 5.26 Å². The number of nitrogens with one attached hydrogen (secondary N) is 2. The van der Waals surface area contributed by atoms with E-state index >= 15 is 0 Å². The van der Waals surface area contributed by atoms with Crippen LogP contribution in [0.4, 0.5) is 5.69 Å². The van der Waals surface area contributed by atoms with Crippen LogP contribution in [0.2, 0.25) is 0 Å². The zero-order valence-electron chi connectivity index (χ0n) is 15.0. The Hall–Kier alpha value is -2.24. The monoisotopic (exact) mass is 382 g/mol. The zero-order valence-corrected chi connectivity index (χ0v) is 15.8. The molecule has 1 spiro atoms. The predicted molar refractivity (Wildman–Crippen MR) is 104 cm³/mol. The molecule has 2 aliphatic heterocycles. The van der Waals surface area contributed by atoms with Gasteiger partial charge in [0.2, 0.25) is 0 Å². The Kier molecular flexibility index (Phi) is 4.74. The highest BCUT2D eigenvalue weighted by Crippen LogP contribution is 2.34. The molecule has 0 bridgehead atoms. The topological polar surface area (TPSA) is 91.2 Å². The molecule has 0 amide bonds. The largest absolute Gasteiger partial charge is 0.593 e. The molecule has 2 heterocycles. The molecule has 2 aliphatic rings. The Morgan fingerprint density at radius 2 is 1.85 bits per heavy atom. The smallest absolute Gasteiger partial charge is 0.198 e. The van der Waals surface area contributed by atoms with Gasteiger partial charge in [-0.2, -0.15) is 5.26 Å². The average Bonchev–Trinajstić information content (AvgIpc) is 2.79. The van der Waals surface area contributed by atoms with Crippen LogP contribution in [0.15, 0.2) is 53.4 Å². The van der Waals surface area contributed by atoms with Gasteiger partial charge < -0.3 is 9.87 Å². The molecule has 6 nitrogen and oxygen atoms in total. The van der Waals surface area contributed by atoms with Crippen molar-refractivity contribution in [3.05, 3.63) is 59.7 Å². The van der Waals surface area contributed by atoms with Crippen LogP contribution in [0.1, 0.15) is 24.0 Å². The average molecular weight is 382 g/mol. The van der Waals surface area contributed by atoms with Crippen molar-refractivity contribution in [3.63, 3.8) is 0 Å². The molecule has 0 aromatic heterocycles. The van der Waals surface area contributed by atoms with Gasteiger partial charge in [-0.25, -0.2) is 0 Å². The number of hydrogen-bond acceptors (Lipinski definition) is 5. The first-order valence-corrected chi connectivity index (χ1v) is 10.6. The maximum Gasteiger partial charge on any atom is 0.198 e. The van der Waals surface area contributed by atoms with Gasteiger partial charge in [0.15, 0.2) is 15.3 Å². The number of anilines is 1. The zero-order chi connectivity index (χ0) is 18.9. The number of benzene rings is 2. The van der Waals surface area contributed by atoms with Crippen molar-refractivity contribution in [2.75, 3.05) is 25.0 Å². The molecule has 1 atom stereocenters. The van der Waals surface area contributed by atoms with E-state index in [-0.39, 0.29) is 0 Å².